The van der Waals surface area contributed by atoms with E-state index in [0.717, 1.165) is 0 Å². The highest BCUT2D eigenvalue weighted by Gasteiger charge is 2.31. The molecule has 1 fully saturated rings. The SMILES string of the molecule is CCOc1cc(/C=C2\SC(=S)N(CCCC(=O)O)C2=O)ccc1O. The van der Waals surface area contributed by atoms with Gasteiger partial charge in [0.05, 0.1) is 11.5 Å². The monoisotopic (exact) mass is 367 g/mol. The molecule has 0 unspecified atom stereocenters. The van der Waals surface area contributed by atoms with E-state index in [1.54, 1.807) is 18.2 Å². The van der Waals surface area contributed by atoms with Crippen LogP contribution < -0.4 is 4.74 Å². The Balaban J connectivity index is 2.13. The van der Waals surface area contributed by atoms with Crippen molar-refractivity contribution >= 4 is 46.3 Å². The average molecular weight is 367 g/mol. The number of nitrogens with zero attached hydrogens (tertiary/aromatic N) is 1. The Kier molecular flexibility index (Phi) is 6.22. The topological polar surface area (TPSA) is 87.1 Å². The number of thiocarbonyl (C=S) groups is 1. The van der Waals surface area contributed by atoms with Crippen molar-refractivity contribution in [2.45, 2.75) is 19.8 Å². The number of carboxylic acid groups (broad SMARTS) is 1. The number of phenolic OH excluding ortho intramolecular Hbond substituents is 1. The number of benzene rings is 1. The Bertz CT molecular complexity index is 702. The summed E-state index contributed by atoms with van der Waals surface area (Å²) in [4.78, 5) is 24.8. The fourth-order valence-electron chi connectivity index (χ4n) is 2.12. The van der Waals surface area contributed by atoms with Crippen molar-refractivity contribution in [3.05, 3.63) is 28.7 Å². The van der Waals surface area contributed by atoms with Gasteiger partial charge in [-0.1, -0.05) is 30.0 Å². The first-order valence-corrected chi connectivity index (χ1v) is 8.57. The lowest BCUT2D eigenvalue weighted by atomic mass is 10.2. The molecule has 2 N–H and O–H groups in total. The predicted octanol–water partition coefficient (Wildman–Crippen LogP) is 2.86. The number of hydrogen-bond acceptors (Lipinski definition) is 6. The summed E-state index contributed by atoms with van der Waals surface area (Å²) in [5, 5.41) is 18.4. The van der Waals surface area contributed by atoms with Crippen LogP contribution in [0.2, 0.25) is 0 Å². The van der Waals surface area contributed by atoms with Gasteiger partial charge < -0.3 is 14.9 Å². The molecule has 0 aromatic heterocycles. The van der Waals surface area contributed by atoms with Crippen molar-refractivity contribution in [3.63, 3.8) is 0 Å². The highest BCUT2D eigenvalue weighted by molar-refractivity contribution is 8.26. The van der Waals surface area contributed by atoms with Gasteiger partial charge in [0.1, 0.15) is 4.32 Å². The molecule has 1 aromatic rings. The molecule has 128 valence electrons. The van der Waals surface area contributed by atoms with E-state index in [1.165, 1.54) is 22.7 Å². The van der Waals surface area contributed by atoms with Gasteiger partial charge in [0.15, 0.2) is 11.5 Å². The van der Waals surface area contributed by atoms with Gasteiger partial charge in [-0.3, -0.25) is 14.5 Å². The normalized spacial score (nSPS) is 16.0. The molecule has 1 aliphatic rings. The van der Waals surface area contributed by atoms with Crippen molar-refractivity contribution in [1.82, 2.24) is 4.90 Å². The molecule has 0 spiro atoms. The van der Waals surface area contributed by atoms with Gasteiger partial charge >= 0.3 is 5.97 Å². The fourth-order valence-corrected chi connectivity index (χ4v) is 3.43. The van der Waals surface area contributed by atoms with Crippen molar-refractivity contribution in [2.24, 2.45) is 0 Å². The first kappa shape index (κ1) is 18.3. The minimum absolute atomic E-state index is 0.00815. The molecule has 1 aromatic carbocycles. The van der Waals surface area contributed by atoms with E-state index in [0.29, 0.717) is 33.6 Å². The third kappa shape index (κ3) is 4.48. The van der Waals surface area contributed by atoms with Gasteiger partial charge in [-0.2, -0.15) is 0 Å². The standard InChI is InChI=1S/C16H17NO5S2/c1-2-22-12-8-10(5-6-11(12)18)9-13-15(21)17(16(23)24-13)7-3-4-14(19)20/h5-6,8-9,18H,2-4,7H2,1H3,(H,19,20)/b13-9-. The number of carbonyl (C=O) groups is 2. The summed E-state index contributed by atoms with van der Waals surface area (Å²) in [6.07, 6.45) is 2.02. The van der Waals surface area contributed by atoms with Crippen molar-refractivity contribution < 1.29 is 24.5 Å². The third-order valence-corrected chi connectivity index (χ3v) is 4.61. The summed E-state index contributed by atoms with van der Waals surface area (Å²) in [6, 6.07) is 4.83. The summed E-state index contributed by atoms with van der Waals surface area (Å²) < 4.78 is 5.74. The number of aromatic hydroxyl groups is 1. The van der Waals surface area contributed by atoms with E-state index in [4.69, 9.17) is 22.1 Å². The van der Waals surface area contributed by atoms with E-state index >= 15 is 0 Å². The molecular weight excluding hydrogens is 350 g/mol. The second-order valence-electron chi connectivity index (χ2n) is 4.99. The van der Waals surface area contributed by atoms with E-state index in [1.807, 2.05) is 6.92 Å². The maximum atomic E-state index is 12.4. The molecule has 1 aliphatic heterocycles. The molecule has 0 radical (unpaired) electrons. The zero-order chi connectivity index (χ0) is 17.7. The van der Waals surface area contributed by atoms with E-state index in [-0.39, 0.29) is 24.6 Å². The fraction of sp³-hybridized carbons (Fsp3) is 0.312. The Morgan fingerprint density at radius 2 is 2.21 bits per heavy atom. The van der Waals surface area contributed by atoms with E-state index < -0.39 is 5.97 Å². The van der Waals surface area contributed by atoms with Crippen LogP contribution in [0.15, 0.2) is 23.1 Å². The third-order valence-electron chi connectivity index (χ3n) is 3.23. The summed E-state index contributed by atoms with van der Waals surface area (Å²) in [5.41, 5.74) is 0.710. The highest BCUT2D eigenvalue weighted by atomic mass is 32.2. The zero-order valence-corrected chi connectivity index (χ0v) is 14.7. The Morgan fingerprint density at radius 3 is 2.88 bits per heavy atom. The number of hydrogen-bond donors (Lipinski definition) is 2. The minimum atomic E-state index is -0.900. The van der Waals surface area contributed by atoms with Crippen LogP contribution in [0, 0.1) is 0 Å². The van der Waals surface area contributed by atoms with Gasteiger partial charge in [-0.05, 0) is 37.1 Å². The number of rotatable bonds is 7. The summed E-state index contributed by atoms with van der Waals surface area (Å²) in [6.45, 7) is 2.52. The van der Waals surface area contributed by atoms with E-state index in [9.17, 15) is 14.7 Å². The Hall–Kier alpha value is -2.06. The van der Waals surface area contributed by atoms with Crippen LogP contribution in [0.4, 0.5) is 0 Å². The smallest absolute Gasteiger partial charge is 0.303 e. The lowest BCUT2D eigenvalue weighted by molar-refractivity contribution is -0.137. The maximum absolute atomic E-state index is 12.4. The summed E-state index contributed by atoms with van der Waals surface area (Å²) >= 11 is 6.37. The van der Waals surface area contributed by atoms with E-state index in [2.05, 4.69) is 0 Å². The van der Waals surface area contributed by atoms with Crippen LogP contribution in [0.1, 0.15) is 25.3 Å². The molecule has 6 nitrogen and oxygen atoms in total. The van der Waals surface area contributed by atoms with Crippen LogP contribution >= 0.6 is 24.0 Å². The maximum Gasteiger partial charge on any atom is 0.303 e. The number of aliphatic carboxylic acids is 1. The number of carbonyl (C=O) groups excluding carboxylic acids is 1. The molecule has 1 heterocycles. The van der Waals surface area contributed by atoms with Gasteiger partial charge in [0.25, 0.3) is 5.91 Å². The molecular formula is C16H17NO5S2. The van der Waals surface area contributed by atoms with Crippen LogP contribution in [0.25, 0.3) is 6.08 Å². The highest BCUT2D eigenvalue weighted by Crippen LogP contribution is 2.34. The quantitative estimate of drug-likeness (QED) is 0.566. The summed E-state index contributed by atoms with van der Waals surface area (Å²) in [7, 11) is 0. The molecule has 0 aliphatic carbocycles. The molecule has 1 amide bonds. The number of carboxylic acids is 1. The van der Waals surface area contributed by atoms with Crippen LogP contribution in [-0.2, 0) is 9.59 Å². The number of ether oxygens (including phenoxy) is 1. The molecule has 8 heteroatoms. The average Bonchev–Trinajstić information content (AvgIpc) is 2.78. The minimum Gasteiger partial charge on any atom is -0.504 e. The van der Waals surface area contributed by atoms with Crippen molar-refractivity contribution in [2.75, 3.05) is 13.2 Å². The van der Waals surface area contributed by atoms with Crippen LogP contribution in [-0.4, -0.2) is 44.5 Å². The molecule has 0 atom stereocenters. The van der Waals surface area contributed by atoms with Gasteiger partial charge in [0.2, 0.25) is 0 Å². The largest absolute Gasteiger partial charge is 0.504 e. The Labute approximate surface area is 149 Å². The number of phenols is 1. The first-order chi connectivity index (χ1) is 11.4. The molecule has 2 rings (SSSR count). The van der Waals surface area contributed by atoms with Gasteiger partial charge in [-0.25, -0.2) is 0 Å². The second kappa shape index (κ2) is 8.16. The lowest BCUT2D eigenvalue weighted by Gasteiger charge is -2.13. The predicted molar refractivity (Wildman–Crippen MR) is 96.0 cm³/mol. The van der Waals surface area contributed by atoms with Gasteiger partial charge in [-0.15, -0.1) is 0 Å². The molecule has 0 bridgehead atoms. The summed E-state index contributed by atoms with van der Waals surface area (Å²) in [5.74, 6) is -0.747. The van der Waals surface area contributed by atoms with Crippen molar-refractivity contribution in [3.8, 4) is 11.5 Å². The second-order valence-corrected chi connectivity index (χ2v) is 6.67. The van der Waals surface area contributed by atoms with Crippen LogP contribution in [0.5, 0.6) is 11.5 Å². The number of thioether (sulfide) groups is 1. The first-order valence-electron chi connectivity index (χ1n) is 7.35. The zero-order valence-electron chi connectivity index (χ0n) is 13.0. The van der Waals surface area contributed by atoms with Crippen LogP contribution in [0.3, 0.4) is 0 Å². The number of amides is 1. The van der Waals surface area contributed by atoms with Crippen molar-refractivity contribution in [1.29, 1.82) is 0 Å². The Morgan fingerprint density at radius 1 is 1.46 bits per heavy atom. The lowest BCUT2D eigenvalue weighted by Crippen LogP contribution is -2.29. The molecule has 1 saturated heterocycles. The molecule has 24 heavy (non-hydrogen) atoms. The molecule has 0 saturated carbocycles. The van der Waals surface area contributed by atoms with Gasteiger partial charge in [0, 0.05) is 13.0 Å².